The quantitative estimate of drug-likeness (QED) is 0.565. The fraction of sp³-hybridized carbons (Fsp3) is 0.190. The second-order valence-electron chi connectivity index (χ2n) is 5.93. The first-order chi connectivity index (χ1) is 13.5. The zero-order valence-corrected chi connectivity index (χ0v) is 16.2. The summed E-state index contributed by atoms with van der Waals surface area (Å²) in [5.74, 6) is -1.63. The number of aliphatic carboxylic acids is 1. The maximum atomic E-state index is 12.7. The van der Waals surface area contributed by atoms with Gasteiger partial charge in [0.05, 0.1) is 0 Å². The Morgan fingerprint density at radius 2 is 1.64 bits per heavy atom. The zero-order valence-electron chi connectivity index (χ0n) is 15.4. The second kappa shape index (κ2) is 10.9. The van der Waals surface area contributed by atoms with E-state index in [1.807, 2.05) is 12.3 Å². The molecule has 1 atom stereocenters. The van der Waals surface area contributed by atoms with Crippen LogP contribution in [-0.4, -0.2) is 40.9 Å². The van der Waals surface area contributed by atoms with E-state index in [4.69, 9.17) is 0 Å². The highest BCUT2D eigenvalue weighted by molar-refractivity contribution is 7.98. The van der Waals surface area contributed by atoms with E-state index in [2.05, 4.69) is 10.6 Å². The van der Waals surface area contributed by atoms with E-state index in [0.717, 1.165) is 0 Å². The summed E-state index contributed by atoms with van der Waals surface area (Å²) in [6, 6.07) is 16.5. The van der Waals surface area contributed by atoms with Crippen LogP contribution in [0.1, 0.15) is 22.3 Å². The van der Waals surface area contributed by atoms with E-state index in [0.29, 0.717) is 16.9 Å². The number of hydrogen-bond donors (Lipinski definition) is 3. The Kier molecular flexibility index (Phi) is 8.30. The lowest BCUT2D eigenvalue weighted by Crippen LogP contribution is -2.44. The number of carbonyl (C=O) groups is 3. The van der Waals surface area contributed by atoms with Gasteiger partial charge in [0.2, 0.25) is 0 Å². The first-order valence-electron chi connectivity index (χ1n) is 8.67. The third-order valence-electron chi connectivity index (χ3n) is 3.85. The van der Waals surface area contributed by atoms with Gasteiger partial charge >= 0.3 is 5.97 Å². The van der Waals surface area contributed by atoms with Crippen LogP contribution in [-0.2, 0) is 9.59 Å². The molecule has 2 rings (SSSR count). The molecule has 0 saturated carbocycles. The Hall–Kier alpha value is -3.06. The molecule has 28 heavy (non-hydrogen) atoms. The average Bonchev–Trinajstić information content (AvgIpc) is 2.71. The van der Waals surface area contributed by atoms with Crippen LogP contribution in [0.25, 0.3) is 6.08 Å². The minimum atomic E-state index is -1.11. The molecule has 0 aromatic heterocycles. The Morgan fingerprint density at radius 1 is 1.04 bits per heavy atom. The number of carbonyl (C=O) groups excluding carboxylic acids is 2. The summed E-state index contributed by atoms with van der Waals surface area (Å²) in [5, 5.41) is 14.4. The first kappa shape index (κ1) is 21.2. The fourth-order valence-electron chi connectivity index (χ4n) is 2.39. The molecule has 146 valence electrons. The van der Waals surface area contributed by atoms with Gasteiger partial charge in [-0.3, -0.25) is 9.59 Å². The molecule has 0 heterocycles. The van der Waals surface area contributed by atoms with Crippen molar-refractivity contribution in [3.63, 3.8) is 0 Å². The molecule has 0 aliphatic carbocycles. The highest BCUT2D eigenvalue weighted by atomic mass is 32.2. The smallest absolute Gasteiger partial charge is 0.326 e. The highest BCUT2D eigenvalue weighted by Gasteiger charge is 2.22. The molecule has 0 fully saturated rings. The van der Waals surface area contributed by atoms with Crippen LogP contribution in [0.3, 0.4) is 0 Å². The summed E-state index contributed by atoms with van der Waals surface area (Å²) < 4.78 is 0. The van der Waals surface area contributed by atoms with Crippen molar-refractivity contribution in [2.24, 2.45) is 0 Å². The second-order valence-corrected chi connectivity index (χ2v) is 6.92. The minimum absolute atomic E-state index is 0.0181. The first-order valence-corrected chi connectivity index (χ1v) is 10.1. The lowest BCUT2D eigenvalue weighted by molar-refractivity contribution is -0.141. The van der Waals surface area contributed by atoms with Gasteiger partial charge in [0.15, 0.2) is 0 Å². The van der Waals surface area contributed by atoms with E-state index >= 15 is 0 Å². The van der Waals surface area contributed by atoms with E-state index in [9.17, 15) is 19.5 Å². The van der Waals surface area contributed by atoms with Crippen molar-refractivity contribution >= 4 is 35.6 Å². The Labute approximate surface area is 168 Å². The predicted molar refractivity (Wildman–Crippen MR) is 111 cm³/mol. The maximum Gasteiger partial charge on any atom is 0.326 e. The number of hydrogen-bond acceptors (Lipinski definition) is 4. The fourth-order valence-corrected chi connectivity index (χ4v) is 2.86. The molecule has 2 aromatic carbocycles. The third-order valence-corrected chi connectivity index (χ3v) is 4.50. The number of rotatable bonds is 9. The molecule has 2 aromatic rings. The highest BCUT2D eigenvalue weighted by Crippen LogP contribution is 2.08. The summed E-state index contributed by atoms with van der Waals surface area (Å²) in [5.41, 5.74) is 1.08. The Morgan fingerprint density at radius 3 is 2.21 bits per heavy atom. The lowest BCUT2D eigenvalue weighted by Gasteiger charge is -2.16. The van der Waals surface area contributed by atoms with E-state index in [-0.39, 0.29) is 12.1 Å². The van der Waals surface area contributed by atoms with Crippen molar-refractivity contribution < 1.29 is 19.5 Å². The van der Waals surface area contributed by atoms with Gasteiger partial charge in [-0.05, 0) is 42.2 Å². The summed E-state index contributed by atoms with van der Waals surface area (Å²) in [6.45, 7) is 0. The van der Waals surface area contributed by atoms with E-state index in [1.54, 1.807) is 54.6 Å². The van der Waals surface area contributed by atoms with Crippen LogP contribution in [0.4, 0.5) is 0 Å². The summed E-state index contributed by atoms with van der Waals surface area (Å²) in [7, 11) is 0. The molecule has 7 heteroatoms. The van der Waals surface area contributed by atoms with Gasteiger partial charge in [-0.25, -0.2) is 4.79 Å². The van der Waals surface area contributed by atoms with Gasteiger partial charge in [-0.2, -0.15) is 11.8 Å². The SMILES string of the molecule is CSCCC(NC(=O)/C(=C\c1ccccc1)NC(=O)c1ccccc1)C(=O)O. The normalized spacial score (nSPS) is 12.1. The number of nitrogens with one attached hydrogen (secondary N) is 2. The molecular formula is C21H22N2O4S. The molecule has 0 aliphatic heterocycles. The molecule has 2 amide bonds. The standard InChI is InChI=1S/C21H22N2O4S/c1-28-13-12-17(21(26)27)22-20(25)18(14-15-8-4-2-5-9-15)23-19(24)16-10-6-3-7-11-16/h2-11,14,17H,12-13H2,1H3,(H,22,25)(H,23,24)(H,26,27)/b18-14+. The van der Waals surface area contributed by atoms with Crippen molar-refractivity contribution in [1.29, 1.82) is 0 Å². The number of thioether (sulfide) groups is 1. The summed E-state index contributed by atoms with van der Waals surface area (Å²) in [4.78, 5) is 36.7. The van der Waals surface area contributed by atoms with Gasteiger partial charge in [0.25, 0.3) is 11.8 Å². The average molecular weight is 398 g/mol. The molecule has 0 radical (unpaired) electrons. The van der Waals surface area contributed by atoms with Crippen molar-refractivity contribution in [2.75, 3.05) is 12.0 Å². The van der Waals surface area contributed by atoms with Crippen LogP contribution >= 0.6 is 11.8 Å². The van der Waals surface area contributed by atoms with Gasteiger partial charge in [-0.15, -0.1) is 0 Å². The topological polar surface area (TPSA) is 95.5 Å². The molecule has 1 unspecified atom stereocenters. The van der Waals surface area contributed by atoms with Crippen LogP contribution < -0.4 is 10.6 Å². The molecule has 0 bridgehead atoms. The van der Waals surface area contributed by atoms with Crippen molar-refractivity contribution in [1.82, 2.24) is 10.6 Å². The third kappa shape index (κ3) is 6.59. The number of benzene rings is 2. The molecule has 6 nitrogen and oxygen atoms in total. The van der Waals surface area contributed by atoms with Crippen LogP contribution in [0, 0.1) is 0 Å². The molecule has 3 N–H and O–H groups in total. The predicted octanol–water partition coefficient (Wildman–Crippen LogP) is 2.78. The largest absolute Gasteiger partial charge is 0.480 e. The Balaban J connectivity index is 2.24. The van der Waals surface area contributed by atoms with Gasteiger partial charge in [-0.1, -0.05) is 48.5 Å². The number of carboxylic acid groups (broad SMARTS) is 1. The molecule has 0 aliphatic rings. The number of amides is 2. The minimum Gasteiger partial charge on any atom is -0.480 e. The van der Waals surface area contributed by atoms with Crippen LogP contribution in [0.5, 0.6) is 0 Å². The molecule has 0 spiro atoms. The van der Waals surface area contributed by atoms with Crippen molar-refractivity contribution in [2.45, 2.75) is 12.5 Å². The Bertz CT molecular complexity index is 838. The summed E-state index contributed by atoms with van der Waals surface area (Å²) in [6.07, 6.45) is 3.67. The monoisotopic (exact) mass is 398 g/mol. The zero-order chi connectivity index (χ0) is 20.4. The van der Waals surface area contributed by atoms with Crippen molar-refractivity contribution in [3.8, 4) is 0 Å². The van der Waals surface area contributed by atoms with Gasteiger partial charge in [0.1, 0.15) is 11.7 Å². The lowest BCUT2D eigenvalue weighted by atomic mass is 10.1. The number of carboxylic acids is 1. The molecule has 0 saturated heterocycles. The van der Waals surface area contributed by atoms with E-state index < -0.39 is 23.8 Å². The van der Waals surface area contributed by atoms with Gasteiger partial charge in [0, 0.05) is 5.56 Å². The van der Waals surface area contributed by atoms with Crippen LogP contribution in [0.2, 0.25) is 0 Å². The maximum absolute atomic E-state index is 12.7. The van der Waals surface area contributed by atoms with Gasteiger partial charge < -0.3 is 15.7 Å². The van der Waals surface area contributed by atoms with Crippen LogP contribution in [0.15, 0.2) is 66.4 Å². The van der Waals surface area contributed by atoms with E-state index in [1.165, 1.54) is 17.8 Å². The van der Waals surface area contributed by atoms with Crippen molar-refractivity contribution in [3.05, 3.63) is 77.5 Å². The summed E-state index contributed by atoms with van der Waals surface area (Å²) >= 11 is 1.49. The molecular weight excluding hydrogens is 376 g/mol.